The smallest absolute Gasteiger partial charge is 0.125 e. The zero-order chi connectivity index (χ0) is 16.0. The van der Waals surface area contributed by atoms with E-state index >= 15 is 0 Å². The number of nitrogens with zero attached hydrogens (tertiary/aromatic N) is 2. The molecule has 1 aliphatic rings. The van der Waals surface area contributed by atoms with E-state index in [9.17, 15) is 5.11 Å². The van der Waals surface area contributed by atoms with Gasteiger partial charge in [-0.1, -0.05) is 6.07 Å². The first-order valence-corrected chi connectivity index (χ1v) is 8.42. The third-order valence-corrected chi connectivity index (χ3v) is 5.37. The maximum atomic E-state index is 10.4. The fourth-order valence-corrected chi connectivity index (χ4v) is 4.14. The van der Waals surface area contributed by atoms with E-state index < -0.39 is 0 Å². The number of hydrogen-bond donors (Lipinski definition) is 2. The van der Waals surface area contributed by atoms with Crippen LogP contribution in [0, 0.1) is 12.8 Å². The van der Waals surface area contributed by atoms with E-state index in [1.165, 1.54) is 35.5 Å². The molecule has 0 radical (unpaired) electrons. The Morgan fingerprint density at radius 1 is 1.39 bits per heavy atom. The highest BCUT2D eigenvalue weighted by atomic mass is 16.3. The summed E-state index contributed by atoms with van der Waals surface area (Å²) in [7, 11) is 2.12. The van der Waals surface area contributed by atoms with Gasteiger partial charge in [-0.05, 0) is 62.6 Å². The van der Waals surface area contributed by atoms with Crippen molar-refractivity contribution in [2.24, 2.45) is 13.0 Å². The maximum absolute atomic E-state index is 10.4. The number of rotatable bonds is 2. The predicted molar refractivity (Wildman–Crippen MR) is 91.7 cm³/mol. The summed E-state index contributed by atoms with van der Waals surface area (Å²) >= 11 is 0. The van der Waals surface area contributed by atoms with Crippen molar-refractivity contribution in [3.63, 3.8) is 0 Å². The van der Waals surface area contributed by atoms with Gasteiger partial charge in [0.1, 0.15) is 5.75 Å². The van der Waals surface area contributed by atoms with Crippen LogP contribution in [0.3, 0.4) is 0 Å². The summed E-state index contributed by atoms with van der Waals surface area (Å²) in [5.74, 6) is 0.999. The standard InChI is InChI=1S/C19H23N3O/c1-12-15(21-11-20-12)10-13-5-3-6-16-14(9-13)19-17(22(16)2)7-4-8-18(19)23/h4,7-8,11,13,23H,3,5-6,9-10H2,1-2H3,(H,20,21). The van der Waals surface area contributed by atoms with Crippen molar-refractivity contribution in [3.05, 3.63) is 47.2 Å². The summed E-state index contributed by atoms with van der Waals surface area (Å²) in [5.41, 5.74) is 6.24. The number of benzene rings is 1. The summed E-state index contributed by atoms with van der Waals surface area (Å²) in [5, 5.41) is 11.4. The highest BCUT2D eigenvalue weighted by molar-refractivity contribution is 5.91. The van der Waals surface area contributed by atoms with Crippen LogP contribution in [0.25, 0.3) is 10.9 Å². The molecule has 1 aromatic carbocycles. The lowest BCUT2D eigenvalue weighted by Gasteiger charge is -2.14. The molecule has 0 amide bonds. The molecule has 0 fully saturated rings. The number of aromatic hydroxyl groups is 1. The Morgan fingerprint density at radius 3 is 3.04 bits per heavy atom. The molecule has 0 saturated carbocycles. The van der Waals surface area contributed by atoms with Crippen molar-refractivity contribution >= 4 is 10.9 Å². The Kier molecular flexibility index (Phi) is 3.40. The first kappa shape index (κ1) is 14.4. The number of hydrogen-bond acceptors (Lipinski definition) is 2. The minimum atomic E-state index is 0.413. The SMILES string of the molecule is Cc1[nH]cnc1CC1CCCc2c(c3c(O)cccc3n2C)C1. The second-order valence-corrected chi connectivity index (χ2v) is 6.80. The van der Waals surface area contributed by atoms with Crippen molar-refractivity contribution in [2.75, 3.05) is 0 Å². The minimum absolute atomic E-state index is 0.413. The molecule has 4 nitrogen and oxygen atoms in total. The number of phenolic OH excluding ortho intramolecular Hbond substituents is 1. The predicted octanol–water partition coefficient (Wildman–Crippen LogP) is 3.65. The van der Waals surface area contributed by atoms with Crippen LogP contribution in [0.2, 0.25) is 0 Å². The van der Waals surface area contributed by atoms with Gasteiger partial charge in [-0.25, -0.2) is 4.98 Å². The summed E-state index contributed by atoms with van der Waals surface area (Å²) in [6.07, 6.45) is 7.34. The summed E-state index contributed by atoms with van der Waals surface area (Å²) < 4.78 is 2.27. The molecule has 120 valence electrons. The number of aromatic nitrogens is 3. The normalized spacial score (nSPS) is 18.1. The van der Waals surface area contributed by atoms with Gasteiger partial charge in [0.25, 0.3) is 0 Å². The monoisotopic (exact) mass is 309 g/mol. The average molecular weight is 309 g/mol. The molecule has 1 unspecified atom stereocenters. The molecule has 3 aromatic rings. The zero-order valence-corrected chi connectivity index (χ0v) is 13.8. The Hall–Kier alpha value is -2.23. The van der Waals surface area contributed by atoms with Crippen LogP contribution in [0.5, 0.6) is 5.75 Å². The fraction of sp³-hybridized carbons (Fsp3) is 0.421. The van der Waals surface area contributed by atoms with Crippen LogP contribution in [-0.4, -0.2) is 19.6 Å². The minimum Gasteiger partial charge on any atom is -0.507 e. The summed E-state index contributed by atoms with van der Waals surface area (Å²) in [6, 6.07) is 5.85. The molecule has 0 saturated heterocycles. The van der Waals surface area contributed by atoms with Gasteiger partial charge in [0, 0.05) is 23.8 Å². The lowest BCUT2D eigenvalue weighted by molar-refractivity contribution is 0.469. The van der Waals surface area contributed by atoms with E-state index in [2.05, 4.69) is 34.6 Å². The van der Waals surface area contributed by atoms with E-state index in [1.54, 1.807) is 12.4 Å². The van der Waals surface area contributed by atoms with Gasteiger partial charge in [0.2, 0.25) is 0 Å². The quantitative estimate of drug-likeness (QED) is 0.710. The molecule has 2 aromatic heterocycles. The van der Waals surface area contributed by atoms with Crippen LogP contribution in [0.4, 0.5) is 0 Å². The van der Waals surface area contributed by atoms with E-state index in [0.29, 0.717) is 11.7 Å². The molecule has 1 atom stereocenters. The van der Waals surface area contributed by atoms with E-state index in [4.69, 9.17) is 0 Å². The van der Waals surface area contributed by atoms with Crippen LogP contribution in [0.1, 0.15) is 35.5 Å². The number of aromatic amines is 1. The molecule has 23 heavy (non-hydrogen) atoms. The van der Waals surface area contributed by atoms with Gasteiger partial charge in [-0.2, -0.15) is 0 Å². The highest BCUT2D eigenvalue weighted by Gasteiger charge is 2.24. The zero-order valence-electron chi connectivity index (χ0n) is 13.8. The first-order chi connectivity index (χ1) is 11.1. The second kappa shape index (κ2) is 5.44. The van der Waals surface area contributed by atoms with Crippen molar-refractivity contribution < 1.29 is 5.11 Å². The van der Waals surface area contributed by atoms with Gasteiger partial charge in [0.15, 0.2) is 0 Å². The molecule has 1 aliphatic carbocycles. The van der Waals surface area contributed by atoms with Crippen molar-refractivity contribution in [3.8, 4) is 5.75 Å². The number of nitrogens with one attached hydrogen (secondary N) is 1. The van der Waals surface area contributed by atoms with Crippen LogP contribution < -0.4 is 0 Å². The van der Waals surface area contributed by atoms with E-state index in [0.717, 1.165) is 30.2 Å². The number of imidazole rings is 1. The van der Waals surface area contributed by atoms with Gasteiger partial charge >= 0.3 is 0 Å². The van der Waals surface area contributed by atoms with Gasteiger partial charge in [-0.15, -0.1) is 0 Å². The lowest BCUT2D eigenvalue weighted by atomic mass is 9.91. The highest BCUT2D eigenvalue weighted by Crippen LogP contribution is 2.37. The Labute approximate surface area is 136 Å². The molecule has 4 rings (SSSR count). The summed E-state index contributed by atoms with van der Waals surface area (Å²) in [6.45, 7) is 2.09. The Morgan fingerprint density at radius 2 is 2.26 bits per heavy atom. The maximum Gasteiger partial charge on any atom is 0.125 e. The molecular weight excluding hydrogens is 286 g/mol. The average Bonchev–Trinajstić information content (AvgIpc) is 2.96. The van der Waals surface area contributed by atoms with Gasteiger partial charge in [0.05, 0.1) is 17.5 Å². The van der Waals surface area contributed by atoms with Crippen molar-refractivity contribution in [1.29, 1.82) is 0 Å². The van der Waals surface area contributed by atoms with Crippen LogP contribution in [-0.2, 0) is 26.3 Å². The summed E-state index contributed by atoms with van der Waals surface area (Å²) in [4.78, 5) is 7.65. The Bertz CT molecular complexity index is 859. The molecule has 0 bridgehead atoms. The first-order valence-electron chi connectivity index (χ1n) is 8.42. The van der Waals surface area contributed by atoms with Crippen LogP contribution >= 0.6 is 0 Å². The number of phenols is 1. The van der Waals surface area contributed by atoms with Crippen molar-refractivity contribution in [1.82, 2.24) is 14.5 Å². The van der Waals surface area contributed by atoms with Crippen molar-refractivity contribution in [2.45, 2.75) is 39.0 Å². The molecular formula is C19H23N3O. The van der Waals surface area contributed by atoms with E-state index in [-0.39, 0.29) is 0 Å². The number of aryl methyl sites for hydroxylation is 2. The molecule has 4 heteroatoms. The molecule has 0 spiro atoms. The molecule has 0 aliphatic heterocycles. The van der Waals surface area contributed by atoms with Gasteiger partial charge < -0.3 is 14.7 Å². The largest absolute Gasteiger partial charge is 0.507 e. The fourth-order valence-electron chi connectivity index (χ4n) is 4.14. The third kappa shape index (κ3) is 2.33. The van der Waals surface area contributed by atoms with E-state index in [1.807, 2.05) is 6.07 Å². The third-order valence-electron chi connectivity index (χ3n) is 5.37. The van der Waals surface area contributed by atoms with Crippen LogP contribution in [0.15, 0.2) is 24.5 Å². The second-order valence-electron chi connectivity index (χ2n) is 6.80. The topological polar surface area (TPSA) is 53.8 Å². The number of fused-ring (bicyclic) bond motifs is 3. The number of H-pyrrole nitrogens is 1. The lowest BCUT2D eigenvalue weighted by Crippen LogP contribution is -2.08. The van der Waals surface area contributed by atoms with Gasteiger partial charge in [-0.3, -0.25) is 0 Å². The molecule has 2 heterocycles. The Balaban J connectivity index is 1.75. The molecule has 2 N–H and O–H groups in total.